The van der Waals surface area contributed by atoms with Crippen molar-refractivity contribution in [3.05, 3.63) is 23.3 Å². The lowest BCUT2D eigenvalue weighted by molar-refractivity contribution is -0.144. The van der Waals surface area contributed by atoms with Crippen LogP contribution in [-0.4, -0.2) is 12.1 Å². The second-order valence-corrected chi connectivity index (χ2v) is 5.85. The number of carbonyl (C=O) groups is 1. The van der Waals surface area contributed by atoms with Crippen LogP contribution >= 0.6 is 0 Å². The first-order chi connectivity index (χ1) is 8.36. The van der Waals surface area contributed by atoms with Crippen LogP contribution in [0.1, 0.15) is 60.3 Å². The van der Waals surface area contributed by atoms with E-state index < -0.39 is 0 Å². The highest BCUT2D eigenvalue weighted by Gasteiger charge is 2.26. The fraction of sp³-hybridized carbons (Fsp3) is 0.688. The molecule has 0 saturated carbocycles. The minimum atomic E-state index is -0.208. The molecule has 1 atom stereocenters. The van der Waals surface area contributed by atoms with E-state index in [1.807, 2.05) is 13.0 Å². The SMILES string of the molecule is CC[C@@H](/C=C/C1=C(C)CCCC1(C)C)OC(C)=O. The standard InChI is InChI=1S/C16H26O2/c1-6-14(18-13(3)17)9-10-15-12(2)8-7-11-16(15,4)5/h9-10,14H,6-8,11H2,1-5H3/b10-9+/t14-/m0/s1. The van der Waals surface area contributed by atoms with Gasteiger partial charge in [0.05, 0.1) is 0 Å². The van der Waals surface area contributed by atoms with E-state index in [9.17, 15) is 4.79 Å². The first-order valence-electron chi connectivity index (χ1n) is 6.92. The molecule has 1 aliphatic rings. The molecule has 2 nitrogen and oxygen atoms in total. The Morgan fingerprint density at radius 3 is 2.67 bits per heavy atom. The van der Waals surface area contributed by atoms with E-state index >= 15 is 0 Å². The van der Waals surface area contributed by atoms with E-state index in [4.69, 9.17) is 4.74 Å². The summed E-state index contributed by atoms with van der Waals surface area (Å²) in [5.41, 5.74) is 3.13. The van der Waals surface area contributed by atoms with Crippen molar-refractivity contribution >= 4 is 5.97 Å². The third-order valence-electron chi connectivity index (χ3n) is 3.74. The molecule has 102 valence electrons. The molecule has 1 rings (SSSR count). The van der Waals surface area contributed by atoms with E-state index in [0.717, 1.165) is 6.42 Å². The van der Waals surface area contributed by atoms with Crippen LogP contribution in [0.25, 0.3) is 0 Å². The van der Waals surface area contributed by atoms with E-state index in [1.54, 1.807) is 0 Å². The Bertz CT molecular complexity index is 361. The minimum Gasteiger partial charge on any atom is -0.458 e. The van der Waals surface area contributed by atoms with Crippen molar-refractivity contribution in [2.45, 2.75) is 66.4 Å². The summed E-state index contributed by atoms with van der Waals surface area (Å²) >= 11 is 0. The number of carbonyl (C=O) groups excluding carboxylic acids is 1. The molecule has 0 radical (unpaired) electrons. The topological polar surface area (TPSA) is 26.3 Å². The van der Waals surface area contributed by atoms with Gasteiger partial charge in [0.15, 0.2) is 0 Å². The monoisotopic (exact) mass is 250 g/mol. The van der Waals surface area contributed by atoms with Crippen molar-refractivity contribution in [1.82, 2.24) is 0 Å². The Hall–Kier alpha value is -1.05. The molecule has 0 N–H and O–H groups in total. The van der Waals surface area contributed by atoms with Gasteiger partial charge >= 0.3 is 5.97 Å². The molecule has 1 aliphatic carbocycles. The van der Waals surface area contributed by atoms with E-state index in [-0.39, 0.29) is 17.5 Å². The number of hydrogen-bond acceptors (Lipinski definition) is 2. The molecule has 0 amide bonds. The normalized spacial score (nSPS) is 21.2. The molecular weight excluding hydrogens is 224 g/mol. The first kappa shape index (κ1) is 15.0. The molecule has 0 aromatic rings. The number of ether oxygens (including phenoxy) is 1. The quantitative estimate of drug-likeness (QED) is 0.691. The van der Waals surface area contributed by atoms with Crippen molar-refractivity contribution in [1.29, 1.82) is 0 Å². The van der Waals surface area contributed by atoms with Gasteiger partial charge in [0, 0.05) is 6.92 Å². The largest absolute Gasteiger partial charge is 0.458 e. The lowest BCUT2D eigenvalue weighted by Gasteiger charge is -2.33. The molecular formula is C16H26O2. The highest BCUT2D eigenvalue weighted by molar-refractivity contribution is 5.66. The maximum atomic E-state index is 11.0. The summed E-state index contributed by atoms with van der Waals surface area (Å²) in [4.78, 5) is 11.0. The van der Waals surface area contributed by atoms with Gasteiger partial charge in [0.2, 0.25) is 0 Å². The Labute approximate surface area is 111 Å². The van der Waals surface area contributed by atoms with Crippen LogP contribution in [0.4, 0.5) is 0 Å². The fourth-order valence-electron chi connectivity index (χ4n) is 2.69. The van der Waals surface area contributed by atoms with Crippen LogP contribution in [0.15, 0.2) is 23.3 Å². The maximum absolute atomic E-state index is 11.0. The van der Waals surface area contributed by atoms with Crippen molar-refractivity contribution in [2.75, 3.05) is 0 Å². The zero-order chi connectivity index (χ0) is 13.8. The molecule has 0 heterocycles. The van der Waals surface area contributed by atoms with Gasteiger partial charge in [-0.25, -0.2) is 0 Å². The van der Waals surface area contributed by atoms with E-state index in [0.29, 0.717) is 0 Å². The van der Waals surface area contributed by atoms with E-state index in [2.05, 4.69) is 26.8 Å². The fourth-order valence-corrected chi connectivity index (χ4v) is 2.69. The van der Waals surface area contributed by atoms with Crippen molar-refractivity contribution in [3.8, 4) is 0 Å². The molecule has 0 fully saturated rings. The van der Waals surface area contributed by atoms with Gasteiger partial charge in [0.25, 0.3) is 0 Å². The number of allylic oxidation sites excluding steroid dienone is 3. The predicted molar refractivity (Wildman–Crippen MR) is 75.3 cm³/mol. The molecule has 0 aromatic carbocycles. The van der Waals surface area contributed by atoms with Gasteiger partial charge in [-0.15, -0.1) is 0 Å². The van der Waals surface area contributed by atoms with Crippen LogP contribution < -0.4 is 0 Å². The molecule has 0 spiro atoms. The molecule has 0 bridgehead atoms. The first-order valence-corrected chi connectivity index (χ1v) is 6.92. The summed E-state index contributed by atoms with van der Waals surface area (Å²) in [6, 6.07) is 0. The van der Waals surface area contributed by atoms with Crippen LogP contribution in [0.3, 0.4) is 0 Å². The summed E-state index contributed by atoms with van der Waals surface area (Å²) in [7, 11) is 0. The zero-order valence-corrected chi connectivity index (χ0v) is 12.4. The van der Waals surface area contributed by atoms with Gasteiger partial charge in [-0.2, -0.15) is 0 Å². The smallest absolute Gasteiger partial charge is 0.303 e. The highest BCUT2D eigenvalue weighted by Crippen LogP contribution is 2.40. The van der Waals surface area contributed by atoms with Gasteiger partial charge in [-0.3, -0.25) is 4.79 Å². The minimum absolute atomic E-state index is 0.0967. The number of hydrogen-bond donors (Lipinski definition) is 0. The molecule has 0 aliphatic heterocycles. The second kappa shape index (κ2) is 6.21. The zero-order valence-electron chi connectivity index (χ0n) is 12.4. The Kier molecular flexibility index (Phi) is 5.18. The van der Waals surface area contributed by atoms with Gasteiger partial charge in [0.1, 0.15) is 6.10 Å². The van der Waals surface area contributed by atoms with Crippen molar-refractivity contribution in [3.63, 3.8) is 0 Å². The molecule has 0 aromatic heterocycles. The third kappa shape index (κ3) is 4.01. The summed E-state index contributed by atoms with van der Waals surface area (Å²) in [6.45, 7) is 10.3. The van der Waals surface area contributed by atoms with Gasteiger partial charge in [-0.1, -0.05) is 32.4 Å². The van der Waals surface area contributed by atoms with Crippen LogP contribution in [0.2, 0.25) is 0 Å². The highest BCUT2D eigenvalue weighted by atomic mass is 16.5. The predicted octanol–water partition coefficient (Wildman–Crippen LogP) is 4.41. The average Bonchev–Trinajstić information content (AvgIpc) is 2.25. The summed E-state index contributed by atoms with van der Waals surface area (Å²) < 4.78 is 5.25. The Balaban J connectivity index is 2.83. The molecule has 0 saturated heterocycles. The number of rotatable bonds is 4. The summed E-state index contributed by atoms with van der Waals surface area (Å²) in [5.74, 6) is -0.208. The Morgan fingerprint density at radius 1 is 1.50 bits per heavy atom. The average molecular weight is 250 g/mol. The van der Waals surface area contributed by atoms with Crippen LogP contribution in [-0.2, 0) is 9.53 Å². The lowest BCUT2D eigenvalue weighted by Crippen LogP contribution is -2.20. The third-order valence-corrected chi connectivity index (χ3v) is 3.74. The summed E-state index contributed by atoms with van der Waals surface area (Å²) in [6.07, 6.45) is 8.63. The van der Waals surface area contributed by atoms with Gasteiger partial charge in [-0.05, 0) is 49.7 Å². The lowest BCUT2D eigenvalue weighted by atomic mass is 9.72. The van der Waals surface area contributed by atoms with Crippen molar-refractivity contribution in [2.24, 2.45) is 5.41 Å². The van der Waals surface area contributed by atoms with Gasteiger partial charge < -0.3 is 4.74 Å². The van der Waals surface area contributed by atoms with E-state index in [1.165, 1.54) is 37.3 Å². The molecule has 18 heavy (non-hydrogen) atoms. The Morgan fingerprint density at radius 2 is 2.17 bits per heavy atom. The van der Waals surface area contributed by atoms with Crippen LogP contribution in [0.5, 0.6) is 0 Å². The summed E-state index contributed by atoms with van der Waals surface area (Å²) in [5, 5.41) is 0. The maximum Gasteiger partial charge on any atom is 0.303 e. The second-order valence-electron chi connectivity index (χ2n) is 5.85. The molecule has 0 unspecified atom stereocenters. The molecule has 2 heteroatoms. The number of esters is 1. The van der Waals surface area contributed by atoms with Crippen molar-refractivity contribution < 1.29 is 9.53 Å². The van der Waals surface area contributed by atoms with Crippen LogP contribution in [0, 0.1) is 5.41 Å².